The van der Waals surface area contributed by atoms with Gasteiger partial charge in [-0.1, -0.05) is 18.2 Å². The van der Waals surface area contributed by atoms with Gasteiger partial charge in [-0.05, 0) is 18.2 Å². The van der Waals surface area contributed by atoms with Crippen LogP contribution in [0.25, 0.3) is 11.3 Å². The molecule has 0 saturated carbocycles. The maximum absolute atomic E-state index is 5.46. The van der Waals surface area contributed by atoms with Gasteiger partial charge in [0, 0.05) is 32.1 Å². The quantitative estimate of drug-likeness (QED) is 0.775. The summed E-state index contributed by atoms with van der Waals surface area (Å²) in [4.78, 5) is 0. The minimum absolute atomic E-state index is 0.808. The number of rotatable bonds is 5. The highest BCUT2D eigenvalue weighted by molar-refractivity contribution is 6.75. The summed E-state index contributed by atoms with van der Waals surface area (Å²) >= 11 is 0. The van der Waals surface area contributed by atoms with E-state index in [-0.39, 0.29) is 0 Å². The van der Waals surface area contributed by atoms with Crippen LogP contribution < -0.4 is 5.19 Å². The number of hydrogen-bond donors (Lipinski definition) is 0. The Kier molecular flexibility index (Phi) is 3.98. The normalized spacial score (nSPS) is 11.7. The summed E-state index contributed by atoms with van der Waals surface area (Å²) < 4.78 is 21.8. The summed E-state index contributed by atoms with van der Waals surface area (Å²) in [5.74, 6) is 0.808. The summed E-state index contributed by atoms with van der Waals surface area (Å²) in [6.45, 7) is 0. The second-order valence-corrected chi connectivity index (χ2v) is 6.64. The maximum Gasteiger partial charge on any atom is 0.536 e. The van der Waals surface area contributed by atoms with Crippen LogP contribution in [0.3, 0.4) is 0 Å². The Balaban J connectivity index is 2.43. The van der Waals surface area contributed by atoms with Crippen molar-refractivity contribution in [2.45, 2.75) is 0 Å². The topological polar surface area (TPSA) is 40.8 Å². The Morgan fingerprint density at radius 2 is 1.67 bits per heavy atom. The molecule has 0 saturated heterocycles. The third-order valence-electron chi connectivity index (χ3n) is 2.83. The van der Waals surface area contributed by atoms with Gasteiger partial charge in [-0.25, -0.2) is 0 Å². The van der Waals surface area contributed by atoms with Crippen LogP contribution in [0.4, 0.5) is 0 Å². The van der Waals surface area contributed by atoms with Crippen molar-refractivity contribution in [3.63, 3.8) is 0 Å². The first-order valence-corrected chi connectivity index (χ1v) is 7.28. The molecule has 0 radical (unpaired) electrons. The number of benzene rings is 1. The van der Waals surface area contributed by atoms with E-state index in [2.05, 4.69) is 0 Å². The van der Waals surface area contributed by atoms with Gasteiger partial charge >= 0.3 is 8.80 Å². The van der Waals surface area contributed by atoms with Crippen molar-refractivity contribution in [1.82, 2.24) is 0 Å². The molecule has 0 aliphatic carbocycles. The third kappa shape index (κ3) is 2.25. The number of hydrogen-bond acceptors (Lipinski definition) is 4. The lowest BCUT2D eigenvalue weighted by Gasteiger charge is -2.24. The molecule has 2 aromatic rings. The summed E-state index contributed by atoms with van der Waals surface area (Å²) in [5, 5.41) is 0.906. The molecule has 0 bridgehead atoms. The first-order valence-electron chi connectivity index (χ1n) is 5.55. The first kappa shape index (κ1) is 13.0. The summed E-state index contributed by atoms with van der Waals surface area (Å²) in [5.41, 5.74) is 0.973. The van der Waals surface area contributed by atoms with Gasteiger partial charge in [0.15, 0.2) is 0 Å². The van der Waals surface area contributed by atoms with E-state index in [0.29, 0.717) is 0 Å². The van der Waals surface area contributed by atoms with Crippen molar-refractivity contribution < 1.29 is 17.7 Å². The molecule has 96 valence electrons. The highest BCUT2D eigenvalue weighted by Gasteiger charge is 2.40. The van der Waals surface area contributed by atoms with Gasteiger partial charge in [0.2, 0.25) is 0 Å². The SMILES string of the molecule is CO[Si](OC)(OC)c1cccc(-c2ccco2)c1. The Hall–Kier alpha value is -1.40. The molecule has 2 rings (SSSR count). The molecular weight excluding hydrogens is 248 g/mol. The number of furan rings is 1. The smallest absolute Gasteiger partial charge is 0.464 e. The second-order valence-electron chi connectivity index (χ2n) is 3.73. The highest BCUT2D eigenvalue weighted by atomic mass is 28.4. The van der Waals surface area contributed by atoms with Gasteiger partial charge in [-0.15, -0.1) is 0 Å². The van der Waals surface area contributed by atoms with Gasteiger partial charge < -0.3 is 17.7 Å². The standard InChI is InChI=1S/C13H16O4Si/c1-14-18(15-2,16-3)12-7-4-6-11(10-12)13-8-5-9-17-13/h4-10H,1-3H3. The van der Waals surface area contributed by atoms with Crippen molar-refractivity contribution >= 4 is 14.0 Å². The molecule has 0 fully saturated rings. The first-order chi connectivity index (χ1) is 8.75. The zero-order chi connectivity index (χ0) is 13.0. The van der Waals surface area contributed by atoms with Crippen LogP contribution in [0.2, 0.25) is 0 Å². The predicted octanol–water partition coefficient (Wildman–Crippen LogP) is 2.03. The van der Waals surface area contributed by atoms with Crippen molar-refractivity contribution in [2.24, 2.45) is 0 Å². The Bertz CT molecular complexity index is 483. The molecule has 1 aromatic carbocycles. The Morgan fingerprint density at radius 3 is 2.22 bits per heavy atom. The van der Waals surface area contributed by atoms with Crippen LogP contribution in [-0.4, -0.2) is 30.1 Å². The molecule has 0 unspecified atom stereocenters. The highest BCUT2D eigenvalue weighted by Crippen LogP contribution is 2.19. The average Bonchev–Trinajstić information content (AvgIpc) is 2.96. The molecule has 0 spiro atoms. The molecule has 4 nitrogen and oxygen atoms in total. The van der Waals surface area contributed by atoms with E-state index < -0.39 is 8.80 Å². The lowest BCUT2D eigenvalue weighted by Crippen LogP contribution is -2.54. The van der Waals surface area contributed by atoms with Gasteiger partial charge in [0.25, 0.3) is 0 Å². The largest absolute Gasteiger partial charge is 0.536 e. The summed E-state index contributed by atoms with van der Waals surface area (Å²) in [6.07, 6.45) is 1.65. The van der Waals surface area contributed by atoms with E-state index in [4.69, 9.17) is 17.7 Å². The lowest BCUT2D eigenvalue weighted by molar-refractivity contribution is 0.140. The van der Waals surface area contributed by atoms with Crippen LogP contribution in [0.15, 0.2) is 47.1 Å². The van der Waals surface area contributed by atoms with Crippen molar-refractivity contribution in [3.8, 4) is 11.3 Å². The van der Waals surface area contributed by atoms with Crippen LogP contribution in [0.5, 0.6) is 0 Å². The fraction of sp³-hybridized carbons (Fsp3) is 0.231. The maximum atomic E-state index is 5.46. The van der Waals surface area contributed by atoms with E-state index in [0.717, 1.165) is 16.5 Å². The lowest BCUT2D eigenvalue weighted by atomic mass is 10.2. The predicted molar refractivity (Wildman–Crippen MR) is 70.6 cm³/mol. The molecule has 1 heterocycles. The zero-order valence-corrected chi connectivity index (χ0v) is 11.7. The van der Waals surface area contributed by atoms with E-state index >= 15 is 0 Å². The fourth-order valence-electron chi connectivity index (χ4n) is 1.91. The van der Waals surface area contributed by atoms with Crippen LogP contribution in [0.1, 0.15) is 0 Å². The minimum Gasteiger partial charge on any atom is -0.464 e. The van der Waals surface area contributed by atoms with Crippen LogP contribution in [0, 0.1) is 0 Å². The molecule has 0 atom stereocenters. The molecule has 0 aliphatic heterocycles. The molecule has 18 heavy (non-hydrogen) atoms. The monoisotopic (exact) mass is 264 g/mol. The van der Waals surface area contributed by atoms with E-state index in [1.807, 2.05) is 36.4 Å². The van der Waals surface area contributed by atoms with Gasteiger partial charge in [-0.2, -0.15) is 0 Å². The van der Waals surface area contributed by atoms with Crippen molar-refractivity contribution in [3.05, 3.63) is 42.7 Å². The fourth-order valence-corrected chi connectivity index (χ4v) is 3.75. The summed E-state index contributed by atoms with van der Waals surface area (Å²) in [6, 6.07) is 11.6. The summed E-state index contributed by atoms with van der Waals surface area (Å²) in [7, 11) is 2.01. The van der Waals surface area contributed by atoms with Crippen molar-refractivity contribution in [2.75, 3.05) is 21.3 Å². The molecule has 0 amide bonds. The van der Waals surface area contributed by atoms with Crippen LogP contribution in [-0.2, 0) is 13.3 Å². The van der Waals surface area contributed by atoms with Gasteiger partial charge in [0.05, 0.1) is 6.26 Å². The van der Waals surface area contributed by atoms with Gasteiger partial charge in [-0.3, -0.25) is 0 Å². The second kappa shape index (κ2) is 5.49. The average molecular weight is 264 g/mol. The third-order valence-corrected chi connectivity index (χ3v) is 5.46. The van der Waals surface area contributed by atoms with Crippen LogP contribution >= 0.6 is 0 Å². The Morgan fingerprint density at radius 1 is 0.944 bits per heavy atom. The Labute approximate surface area is 107 Å². The van der Waals surface area contributed by atoms with E-state index in [1.54, 1.807) is 27.6 Å². The minimum atomic E-state index is -2.78. The van der Waals surface area contributed by atoms with Gasteiger partial charge in [0.1, 0.15) is 5.76 Å². The van der Waals surface area contributed by atoms with E-state index in [1.165, 1.54) is 0 Å². The molecule has 5 heteroatoms. The molecule has 1 aromatic heterocycles. The molecular formula is C13H16O4Si. The molecule has 0 N–H and O–H groups in total. The van der Waals surface area contributed by atoms with E-state index in [9.17, 15) is 0 Å². The zero-order valence-electron chi connectivity index (χ0n) is 10.7. The molecule has 0 aliphatic rings. The van der Waals surface area contributed by atoms with Crippen molar-refractivity contribution in [1.29, 1.82) is 0 Å².